The molecule has 0 unspecified atom stereocenters. The Balaban J connectivity index is 1.59. The molecule has 0 atom stereocenters. The number of carbonyl (C=O) groups excluding carboxylic acids is 2. The monoisotopic (exact) mass is 447 g/mol. The van der Waals surface area contributed by atoms with Crippen molar-refractivity contribution < 1.29 is 14.3 Å². The summed E-state index contributed by atoms with van der Waals surface area (Å²) in [6, 6.07) is 12.5. The normalized spacial score (nSPS) is 11.0. The number of halogens is 1. The van der Waals surface area contributed by atoms with Gasteiger partial charge in [-0.15, -0.1) is 0 Å². The van der Waals surface area contributed by atoms with Gasteiger partial charge in [0.1, 0.15) is 0 Å². The number of fused-ring (bicyclic) bond motifs is 1. The summed E-state index contributed by atoms with van der Waals surface area (Å²) in [6.45, 7) is 3.58. The molecule has 0 saturated heterocycles. The largest absolute Gasteiger partial charge is 0.459 e. The maximum atomic E-state index is 12.2. The minimum Gasteiger partial charge on any atom is -0.459 e. The lowest BCUT2D eigenvalue weighted by Crippen LogP contribution is -2.15. The van der Waals surface area contributed by atoms with E-state index in [4.69, 9.17) is 4.74 Å². The Bertz CT molecular complexity index is 987. The van der Waals surface area contributed by atoms with E-state index in [0.717, 1.165) is 15.5 Å². The Morgan fingerprint density at radius 2 is 2.07 bits per heavy atom. The molecule has 0 aliphatic heterocycles. The Morgan fingerprint density at radius 3 is 2.85 bits per heavy atom. The van der Waals surface area contributed by atoms with Gasteiger partial charge in [0, 0.05) is 10.2 Å². The number of aromatic amines is 1. The molecule has 0 bridgehead atoms. The zero-order valence-electron chi connectivity index (χ0n) is 14.8. The Kier molecular flexibility index (Phi) is 6.18. The van der Waals surface area contributed by atoms with Gasteiger partial charge in [0.05, 0.1) is 28.5 Å². The number of imidazole rings is 1. The molecule has 1 aromatic heterocycles. The molecule has 3 rings (SSSR count). The molecule has 3 aromatic rings. The fraction of sp³-hybridized carbons (Fsp3) is 0.211. The number of rotatable bonds is 6. The zero-order chi connectivity index (χ0) is 19.4. The second-order valence-corrected chi connectivity index (χ2v) is 7.95. The number of aromatic nitrogens is 2. The van der Waals surface area contributed by atoms with E-state index in [1.807, 2.05) is 18.2 Å². The second-order valence-electron chi connectivity index (χ2n) is 6.08. The number of thioether (sulfide) groups is 1. The summed E-state index contributed by atoms with van der Waals surface area (Å²) < 4.78 is 6.13. The highest BCUT2D eigenvalue weighted by molar-refractivity contribution is 9.10. The number of H-pyrrole nitrogens is 1. The number of nitrogens with zero attached hydrogens (tertiary/aromatic N) is 1. The first-order valence-electron chi connectivity index (χ1n) is 8.29. The van der Waals surface area contributed by atoms with Crippen molar-refractivity contribution >= 4 is 56.3 Å². The van der Waals surface area contributed by atoms with Crippen LogP contribution in [0.3, 0.4) is 0 Å². The topological polar surface area (TPSA) is 84.1 Å². The molecule has 6 nitrogen and oxygen atoms in total. The highest BCUT2D eigenvalue weighted by Gasteiger charge is 2.12. The van der Waals surface area contributed by atoms with Crippen LogP contribution in [0.2, 0.25) is 0 Å². The number of nitrogens with one attached hydrogen (secondary N) is 2. The molecule has 0 aliphatic rings. The third-order valence-corrected chi connectivity index (χ3v) is 4.85. The first kappa shape index (κ1) is 19.4. The Hall–Kier alpha value is -2.32. The molecule has 8 heteroatoms. The van der Waals surface area contributed by atoms with Gasteiger partial charge in [-0.1, -0.05) is 33.8 Å². The second kappa shape index (κ2) is 8.58. The van der Waals surface area contributed by atoms with Crippen molar-refractivity contribution in [3.05, 3.63) is 52.5 Å². The SMILES string of the molecule is CC(C)OC(=O)c1cccc(NC(=O)CSc2nc3ccc(Br)cc3[nH]2)c1. The van der Waals surface area contributed by atoms with Crippen LogP contribution in [0, 0.1) is 0 Å². The summed E-state index contributed by atoms with van der Waals surface area (Å²) in [5, 5.41) is 3.46. The number of hydrogen-bond acceptors (Lipinski definition) is 5. The van der Waals surface area contributed by atoms with Gasteiger partial charge in [0.2, 0.25) is 5.91 Å². The molecular formula is C19H18BrN3O3S. The van der Waals surface area contributed by atoms with Gasteiger partial charge < -0.3 is 15.0 Å². The lowest BCUT2D eigenvalue weighted by Gasteiger charge is -2.09. The third-order valence-electron chi connectivity index (χ3n) is 3.49. The Morgan fingerprint density at radius 1 is 1.26 bits per heavy atom. The summed E-state index contributed by atoms with van der Waals surface area (Å²) in [5.41, 5.74) is 2.70. The van der Waals surface area contributed by atoms with E-state index in [9.17, 15) is 9.59 Å². The van der Waals surface area contributed by atoms with Gasteiger partial charge in [0.25, 0.3) is 0 Å². The van der Waals surface area contributed by atoms with Crippen molar-refractivity contribution in [1.29, 1.82) is 0 Å². The van der Waals surface area contributed by atoms with Crippen LogP contribution < -0.4 is 5.32 Å². The highest BCUT2D eigenvalue weighted by Crippen LogP contribution is 2.22. The van der Waals surface area contributed by atoms with Crippen molar-refractivity contribution in [2.24, 2.45) is 0 Å². The zero-order valence-corrected chi connectivity index (χ0v) is 17.2. The number of amides is 1. The molecule has 0 fully saturated rings. The molecule has 2 aromatic carbocycles. The molecular weight excluding hydrogens is 430 g/mol. The lowest BCUT2D eigenvalue weighted by molar-refractivity contribution is -0.113. The van der Waals surface area contributed by atoms with E-state index in [2.05, 4.69) is 31.2 Å². The number of benzene rings is 2. The van der Waals surface area contributed by atoms with Gasteiger partial charge >= 0.3 is 5.97 Å². The van der Waals surface area contributed by atoms with Gasteiger partial charge in [0.15, 0.2) is 5.16 Å². The standard InChI is InChI=1S/C19H18BrN3O3S/c1-11(2)26-18(25)12-4-3-5-14(8-12)21-17(24)10-27-19-22-15-7-6-13(20)9-16(15)23-19/h3-9,11H,10H2,1-2H3,(H,21,24)(H,22,23). The van der Waals surface area contributed by atoms with E-state index in [-0.39, 0.29) is 17.8 Å². The van der Waals surface area contributed by atoms with Crippen molar-refractivity contribution in [2.75, 3.05) is 11.1 Å². The summed E-state index contributed by atoms with van der Waals surface area (Å²) in [7, 11) is 0. The summed E-state index contributed by atoms with van der Waals surface area (Å²) in [5.74, 6) is -0.401. The molecule has 1 heterocycles. The number of esters is 1. The van der Waals surface area contributed by atoms with E-state index in [0.29, 0.717) is 16.4 Å². The highest BCUT2D eigenvalue weighted by atomic mass is 79.9. The molecule has 27 heavy (non-hydrogen) atoms. The fourth-order valence-electron chi connectivity index (χ4n) is 2.36. The average Bonchev–Trinajstić information content (AvgIpc) is 3.01. The van der Waals surface area contributed by atoms with Gasteiger partial charge in [-0.2, -0.15) is 0 Å². The molecule has 2 N–H and O–H groups in total. The predicted octanol–water partition coefficient (Wildman–Crippen LogP) is 4.62. The first-order valence-corrected chi connectivity index (χ1v) is 10.1. The van der Waals surface area contributed by atoms with E-state index < -0.39 is 5.97 Å². The third kappa shape index (κ3) is 5.33. The lowest BCUT2D eigenvalue weighted by atomic mass is 10.2. The maximum Gasteiger partial charge on any atom is 0.338 e. The van der Waals surface area contributed by atoms with Crippen LogP contribution in [0.25, 0.3) is 11.0 Å². The summed E-state index contributed by atoms with van der Waals surface area (Å²) >= 11 is 4.73. The first-order chi connectivity index (χ1) is 12.9. The van der Waals surface area contributed by atoms with Crippen LogP contribution in [-0.4, -0.2) is 33.7 Å². The number of ether oxygens (including phenoxy) is 1. The van der Waals surface area contributed by atoms with Crippen LogP contribution >= 0.6 is 27.7 Å². The van der Waals surface area contributed by atoms with Crippen LogP contribution in [0.4, 0.5) is 5.69 Å². The van der Waals surface area contributed by atoms with Gasteiger partial charge in [-0.25, -0.2) is 9.78 Å². The van der Waals surface area contributed by atoms with E-state index in [1.165, 1.54) is 11.8 Å². The number of hydrogen-bond donors (Lipinski definition) is 2. The minimum absolute atomic E-state index is 0.184. The van der Waals surface area contributed by atoms with Gasteiger partial charge in [-0.3, -0.25) is 4.79 Å². The smallest absolute Gasteiger partial charge is 0.338 e. The molecule has 0 radical (unpaired) electrons. The molecule has 0 spiro atoms. The van der Waals surface area contributed by atoms with Crippen molar-refractivity contribution in [3.8, 4) is 0 Å². The molecule has 140 valence electrons. The molecule has 0 saturated carbocycles. The van der Waals surface area contributed by atoms with Crippen molar-refractivity contribution in [3.63, 3.8) is 0 Å². The number of anilines is 1. The van der Waals surface area contributed by atoms with Crippen LogP contribution in [0.1, 0.15) is 24.2 Å². The van der Waals surface area contributed by atoms with E-state index in [1.54, 1.807) is 38.1 Å². The summed E-state index contributed by atoms with van der Waals surface area (Å²) in [6.07, 6.45) is -0.198. The predicted molar refractivity (Wildman–Crippen MR) is 110 cm³/mol. The number of carbonyl (C=O) groups is 2. The van der Waals surface area contributed by atoms with Crippen LogP contribution in [-0.2, 0) is 9.53 Å². The molecule has 1 amide bonds. The van der Waals surface area contributed by atoms with Crippen molar-refractivity contribution in [1.82, 2.24) is 9.97 Å². The van der Waals surface area contributed by atoms with E-state index >= 15 is 0 Å². The fourth-order valence-corrected chi connectivity index (χ4v) is 3.41. The molecule has 0 aliphatic carbocycles. The van der Waals surface area contributed by atoms with Crippen molar-refractivity contribution in [2.45, 2.75) is 25.1 Å². The minimum atomic E-state index is -0.413. The van der Waals surface area contributed by atoms with Gasteiger partial charge in [-0.05, 0) is 50.2 Å². The average molecular weight is 448 g/mol. The van der Waals surface area contributed by atoms with Crippen LogP contribution in [0.15, 0.2) is 52.1 Å². The quantitative estimate of drug-likeness (QED) is 0.425. The van der Waals surface area contributed by atoms with Crippen LogP contribution in [0.5, 0.6) is 0 Å². The Labute approximate surface area is 169 Å². The maximum absolute atomic E-state index is 12.2. The summed E-state index contributed by atoms with van der Waals surface area (Å²) in [4.78, 5) is 31.8.